The highest BCUT2D eigenvalue weighted by Crippen LogP contribution is 2.46. The van der Waals surface area contributed by atoms with Crippen molar-refractivity contribution >= 4 is 11.3 Å². The molecule has 0 aliphatic heterocycles. The van der Waals surface area contributed by atoms with Crippen molar-refractivity contribution < 1.29 is 0 Å². The number of hydrogen-bond donors (Lipinski definition) is 1. The average Bonchev–Trinajstić information content (AvgIpc) is 2.75. The summed E-state index contributed by atoms with van der Waals surface area (Å²) in [4.78, 5) is 8.23. The Bertz CT molecular complexity index is 454. The summed E-state index contributed by atoms with van der Waals surface area (Å²) in [7, 11) is 2.24. The van der Waals surface area contributed by atoms with Crippen LogP contribution in [-0.4, -0.2) is 29.0 Å². The van der Waals surface area contributed by atoms with Crippen molar-refractivity contribution in [1.29, 1.82) is 0 Å². The van der Waals surface area contributed by atoms with Gasteiger partial charge in [0.2, 0.25) is 0 Å². The van der Waals surface area contributed by atoms with Crippen LogP contribution in [0, 0.1) is 18.3 Å². The fraction of sp³-hybridized carbons (Fsp3) is 0.812. The van der Waals surface area contributed by atoms with Crippen LogP contribution in [0.25, 0.3) is 0 Å². The predicted molar refractivity (Wildman–Crippen MR) is 86.9 cm³/mol. The van der Waals surface area contributed by atoms with E-state index in [1.807, 2.05) is 5.51 Å². The molecule has 2 rings (SSSR count). The van der Waals surface area contributed by atoms with Gasteiger partial charge < -0.3 is 5.73 Å². The molecule has 1 aromatic rings. The number of likely N-dealkylation sites (N-methyl/N-ethyl adjacent to an activating group) is 1. The van der Waals surface area contributed by atoms with Gasteiger partial charge in [-0.25, -0.2) is 4.98 Å². The Morgan fingerprint density at radius 2 is 2.15 bits per heavy atom. The highest BCUT2D eigenvalue weighted by Gasteiger charge is 2.45. The molecule has 0 amide bonds. The molecule has 2 N–H and O–H groups in total. The summed E-state index contributed by atoms with van der Waals surface area (Å²) in [5.74, 6) is 0.634. The SMILES string of the molecule is Cc1ncsc1CN(C)C1(CN)CCC(C)(C)CC1C. The zero-order valence-corrected chi connectivity index (χ0v) is 14.4. The molecule has 1 aliphatic rings. The summed E-state index contributed by atoms with van der Waals surface area (Å²) in [6.45, 7) is 11.0. The third kappa shape index (κ3) is 2.92. The van der Waals surface area contributed by atoms with Crippen molar-refractivity contribution in [3.8, 4) is 0 Å². The molecule has 1 fully saturated rings. The fourth-order valence-electron chi connectivity index (χ4n) is 3.80. The second kappa shape index (κ2) is 5.74. The van der Waals surface area contributed by atoms with Crippen molar-refractivity contribution in [3.05, 3.63) is 16.1 Å². The quantitative estimate of drug-likeness (QED) is 0.925. The molecule has 1 saturated carbocycles. The maximum Gasteiger partial charge on any atom is 0.0798 e. The molecule has 2 atom stereocenters. The van der Waals surface area contributed by atoms with E-state index in [1.54, 1.807) is 11.3 Å². The lowest BCUT2D eigenvalue weighted by molar-refractivity contribution is -0.0113. The molecule has 20 heavy (non-hydrogen) atoms. The van der Waals surface area contributed by atoms with Crippen LogP contribution >= 0.6 is 11.3 Å². The Balaban J connectivity index is 2.16. The summed E-state index contributed by atoms with van der Waals surface area (Å²) < 4.78 is 0. The second-order valence-corrected chi connectivity index (χ2v) is 8.23. The first-order valence-corrected chi connectivity index (χ1v) is 8.49. The molecule has 0 bridgehead atoms. The van der Waals surface area contributed by atoms with E-state index in [-0.39, 0.29) is 5.54 Å². The Kier molecular flexibility index (Phi) is 4.57. The minimum absolute atomic E-state index is 0.145. The molecule has 1 aromatic heterocycles. The lowest BCUT2D eigenvalue weighted by Gasteiger charge is -2.52. The van der Waals surface area contributed by atoms with Crippen LogP contribution in [0.4, 0.5) is 0 Å². The van der Waals surface area contributed by atoms with Crippen LogP contribution in [0.15, 0.2) is 5.51 Å². The average molecular weight is 295 g/mol. The Morgan fingerprint density at radius 3 is 2.65 bits per heavy atom. The minimum atomic E-state index is 0.145. The molecule has 0 saturated heterocycles. The van der Waals surface area contributed by atoms with Gasteiger partial charge in [0, 0.05) is 23.5 Å². The topological polar surface area (TPSA) is 42.2 Å². The molecule has 0 aromatic carbocycles. The molecule has 1 heterocycles. The number of nitrogens with zero attached hydrogens (tertiary/aromatic N) is 2. The van der Waals surface area contributed by atoms with Gasteiger partial charge in [-0.3, -0.25) is 4.90 Å². The maximum absolute atomic E-state index is 6.23. The number of thiazole rings is 1. The number of aryl methyl sites for hydroxylation is 1. The van der Waals surface area contributed by atoms with Crippen LogP contribution in [-0.2, 0) is 6.54 Å². The normalized spacial score (nSPS) is 29.9. The van der Waals surface area contributed by atoms with E-state index >= 15 is 0 Å². The lowest BCUT2D eigenvalue weighted by atomic mass is 9.63. The van der Waals surface area contributed by atoms with Gasteiger partial charge in [0.15, 0.2) is 0 Å². The molecule has 1 aliphatic carbocycles. The summed E-state index contributed by atoms with van der Waals surface area (Å²) in [5.41, 5.74) is 9.94. The van der Waals surface area contributed by atoms with Gasteiger partial charge in [0.1, 0.15) is 0 Å². The van der Waals surface area contributed by atoms with E-state index in [4.69, 9.17) is 5.73 Å². The van der Waals surface area contributed by atoms with Crippen LogP contribution in [0.1, 0.15) is 50.6 Å². The third-order valence-corrected chi connectivity index (χ3v) is 6.27. The van der Waals surface area contributed by atoms with Crippen LogP contribution < -0.4 is 5.73 Å². The molecule has 0 radical (unpaired) electrons. The summed E-state index contributed by atoms with van der Waals surface area (Å²) in [6, 6.07) is 0. The first kappa shape index (κ1) is 15.9. The summed E-state index contributed by atoms with van der Waals surface area (Å²) in [5, 5.41) is 0. The summed E-state index contributed by atoms with van der Waals surface area (Å²) >= 11 is 1.76. The Morgan fingerprint density at radius 1 is 1.45 bits per heavy atom. The molecule has 114 valence electrons. The van der Waals surface area contributed by atoms with Crippen molar-refractivity contribution in [2.24, 2.45) is 17.1 Å². The first-order chi connectivity index (χ1) is 9.31. The predicted octanol–water partition coefficient (Wildman–Crippen LogP) is 3.43. The number of aromatic nitrogens is 1. The van der Waals surface area contributed by atoms with Crippen molar-refractivity contribution in [2.45, 2.75) is 59.0 Å². The van der Waals surface area contributed by atoms with E-state index in [1.165, 1.54) is 24.1 Å². The van der Waals surface area contributed by atoms with E-state index in [0.29, 0.717) is 11.3 Å². The van der Waals surface area contributed by atoms with Gasteiger partial charge in [0.25, 0.3) is 0 Å². The van der Waals surface area contributed by atoms with Gasteiger partial charge in [-0.15, -0.1) is 11.3 Å². The van der Waals surface area contributed by atoms with E-state index in [2.05, 4.69) is 44.6 Å². The van der Waals surface area contributed by atoms with Gasteiger partial charge in [-0.2, -0.15) is 0 Å². The first-order valence-electron chi connectivity index (χ1n) is 7.61. The van der Waals surface area contributed by atoms with Crippen molar-refractivity contribution in [2.75, 3.05) is 13.6 Å². The highest BCUT2D eigenvalue weighted by atomic mass is 32.1. The largest absolute Gasteiger partial charge is 0.329 e. The zero-order valence-electron chi connectivity index (χ0n) is 13.6. The van der Waals surface area contributed by atoms with Crippen molar-refractivity contribution in [3.63, 3.8) is 0 Å². The van der Waals surface area contributed by atoms with Gasteiger partial charge in [-0.1, -0.05) is 20.8 Å². The van der Waals surface area contributed by atoms with Gasteiger partial charge in [-0.05, 0) is 44.6 Å². The monoisotopic (exact) mass is 295 g/mol. The van der Waals surface area contributed by atoms with E-state index in [0.717, 1.165) is 18.8 Å². The molecule has 2 unspecified atom stereocenters. The number of rotatable bonds is 4. The Labute approximate surface area is 127 Å². The molecule has 4 heteroatoms. The van der Waals surface area contributed by atoms with Gasteiger partial charge in [0.05, 0.1) is 11.2 Å². The zero-order chi connectivity index (χ0) is 15.0. The maximum atomic E-state index is 6.23. The number of nitrogens with two attached hydrogens (primary N) is 1. The molecule has 0 spiro atoms. The van der Waals surface area contributed by atoms with Crippen LogP contribution in [0.5, 0.6) is 0 Å². The van der Waals surface area contributed by atoms with Crippen LogP contribution in [0.2, 0.25) is 0 Å². The molecule has 3 nitrogen and oxygen atoms in total. The minimum Gasteiger partial charge on any atom is -0.329 e. The van der Waals surface area contributed by atoms with E-state index in [9.17, 15) is 0 Å². The van der Waals surface area contributed by atoms with Gasteiger partial charge >= 0.3 is 0 Å². The highest BCUT2D eigenvalue weighted by molar-refractivity contribution is 7.09. The fourth-order valence-corrected chi connectivity index (χ4v) is 4.63. The number of hydrogen-bond acceptors (Lipinski definition) is 4. The third-order valence-electron chi connectivity index (χ3n) is 5.35. The summed E-state index contributed by atoms with van der Waals surface area (Å²) in [6.07, 6.45) is 3.72. The molecular weight excluding hydrogens is 266 g/mol. The molecular formula is C16H29N3S. The standard InChI is InChI=1S/C16H29N3S/c1-12-8-15(3,4)6-7-16(12,10-17)19(5)9-14-13(2)18-11-20-14/h11-12H,6-10,17H2,1-5H3. The smallest absolute Gasteiger partial charge is 0.0798 e. The van der Waals surface area contributed by atoms with E-state index < -0.39 is 0 Å². The Hall–Kier alpha value is -0.450. The van der Waals surface area contributed by atoms with Crippen molar-refractivity contribution in [1.82, 2.24) is 9.88 Å². The second-order valence-electron chi connectivity index (χ2n) is 7.29. The van der Waals surface area contributed by atoms with Crippen LogP contribution in [0.3, 0.4) is 0 Å². The lowest BCUT2D eigenvalue weighted by Crippen LogP contribution is -2.59.